The summed E-state index contributed by atoms with van der Waals surface area (Å²) in [5.74, 6) is 2.84. The van der Waals surface area contributed by atoms with Gasteiger partial charge in [0.15, 0.2) is 0 Å². The van der Waals surface area contributed by atoms with Gasteiger partial charge in [0.25, 0.3) is 0 Å². The Morgan fingerprint density at radius 3 is 2.60 bits per heavy atom. The molecule has 2 saturated carbocycles. The molecule has 84 valence electrons. The summed E-state index contributed by atoms with van der Waals surface area (Å²) in [6.45, 7) is 9.95. The average molecular weight is 204 g/mol. The van der Waals surface area contributed by atoms with Crippen molar-refractivity contribution >= 4 is 0 Å². The molecule has 4 atom stereocenters. The number of hydrogen-bond donors (Lipinski definition) is 0. The summed E-state index contributed by atoms with van der Waals surface area (Å²) in [7, 11) is 0. The first-order valence-corrected chi connectivity index (χ1v) is 6.63. The van der Waals surface area contributed by atoms with E-state index in [0.717, 1.165) is 17.8 Å². The lowest BCUT2D eigenvalue weighted by atomic mass is 9.75. The van der Waals surface area contributed by atoms with Gasteiger partial charge in [0, 0.05) is 0 Å². The summed E-state index contributed by atoms with van der Waals surface area (Å²) in [6.07, 6.45) is 8.32. The van der Waals surface area contributed by atoms with Gasteiger partial charge < -0.3 is 0 Å². The van der Waals surface area contributed by atoms with Crippen LogP contribution in [0, 0.1) is 28.6 Å². The molecule has 4 unspecified atom stereocenters. The second-order valence-corrected chi connectivity index (χ2v) is 7.37. The van der Waals surface area contributed by atoms with Gasteiger partial charge in [-0.2, -0.15) is 0 Å². The molecule has 0 spiro atoms. The number of fused-ring (bicyclic) bond motifs is 3. The molecule has 0 radical (unpaired) electrons. The van der Waals surface area contributed by atoms with Crippen molar-refractivity contribution in [1.29, 1.82) is 0 Å². The Kier molecular flexibility index (Phi) is 1.79. The molecule has 0 amide bonds. The first-order valence-electron chi connectivity index (χ1n) is 6.63. The SMILES string of the molecule is CC1CC=C2C1CC(C)(C)CC1CC21C. The Balaban J connectivity index is 1.98. The third-order valence-electron chi connectivity index (χ3n) is 5.44. The maximum Gasteiger partial charge on any atom is -0.00818 e. The van der Waals surface area contributed by atoms with Crippen molar-refractivity contribution in [2.24, 2.45) is 28.6 Å². The van der Waals surface area contributed by atoms with E-state index >= 15 is 0 Å². The molecule has 0 saturated heterocycles. The molecule has 0 aromatic carbocycles. The second-order valence-electron chi connectivity index (χ2n) is 7.37. The van der Waals surface area contributed by atoms with E-state index in [2.05, 4.69) is 33.8 Å². The molecule has 0 aromatic heterocycles. The van der Waals surface area contributed by atoms with Crippen molar-refractivity contribution in [2.45, 2.75) is 53.4 Å². The molecule has 3 rings (SSSR count). The summed E-state index contributed by atoms with van der Waals surface area (Å²) in [5, 5.41) is 0. The van der Waals surface area contributed by atoms with Gasteiger partial charge in [-0.15, -0.1) is 0 Å². The van der Waals surface area contributed by atoms with Gasteiger partial charge in [-0.05, 0) is 54.3 Å². The van der Waals surface area contributed by atoms with Crippen molar-refractivity contribution in [2.75, 3.05) is 0 Å². The van der Waals surface area contributed by atoms with E-state index in [1.54, 1.807) is 0 Å². The van der Waals surface area contributed by atoms with Crippen molar-refractivity contribution < 1.29 is 0 Å². The Bertz CT molecular complexity index is 323. The lowest BCUT2D eigenvalue weighted by molar-refractivity contribution is 0.237. The van der Waals surface area contributed by atoms with Gasteiger partial charge in [-0.1, -0.05) is 39.3 Å². The van der Waals surface area contributed by atoms with Crippen LogP contribution in [-0.4, -0.2) is 0 Å². The first-order chi connectivity index (χ1) is 6.92. The molecule has 0 bridgehead atoms. The number of rotatable bonds is 0. The van der Waals surface area contributed by atoms with Crippen LogP contribution in [0.4, 0.5) is 0 Å². The quantitative estimate of drug-likeness (QED) is 0.513. The molecule has 0 heteroatoms. The van der Waals surface area contributed by atoms with Crippen LogP contribution in [0.15, 0.2) is 11.6 Å². The van der Waals surface area contributed by atoms with Gasteiger partial charge in [-0.3, -0.25) is 0 Å². The molecule has 0 aromatic rings. The molecule has 0 nitrogen and oxygen atoms in total. The number of hydrogen-bond acceptors (Lipinski definition) is 0. The summed E-state index contributed by atoms with van der Waals surface area (Å²) in [5.41, 5.74) is 3.07. The van der Waals surface area contributed by atoms with E-state index < -0.39 is 0 Å². The van der Waals surface area contributed by atoms with E-state index in [-0.39, 0.29) is 0 Å². The van der Waals surface area contributed by atoms with Crippen LogP contribution < -0.4 is 0 Å². The lowest BCUT2D eigenvalue weighted by Crippen LogP contribution is -2.19. The van der Waals surface area contributed by atoms with E-state index in [9.17, 15) is 0 Å². The Morgan fingerprint density at radius 1 is 1.13 bits per heavy atom. The zero-order chi connectivity index (χ0) is 10.8. The highest BCUT2D eigenvalue weighted by atomic mass is 14.6. The van der Waals surface area contributed by atoms with Crippen LogP contribution >= 0.6 is 0 Å². The van der Waals surface area contributed by atoms with E-state index in [4.69, 9.17) is 0 Å². The van der Waals surface area contributed by atoms with E-state index in [0.29, 0.717) is 10.8 Å². The smallest absolute Gasteiger partial charge is 0.00818 e. The molecule has 3 aliphatic carbocycles. The van der Waals surface area contributed by atoms with Crippen LogP contribution in [0.25, 0.3) is 0 Å². The third kappa shape index (κ3) is 1.33. The highest BCUT2D eigenvalue weighted by Gasteiger charge is 2.58. The Morgan fingerprint density at radius 2 is 1.87 bits per heavy atom. The standard InChI is InChI=1S/C15H24/c1-10-5-6-13-12(10)9-14(2,3)7-11-8-15(11,13)4/h6,10-12H,5,7-9H2,1-4H3. The highest BCUT2D eigenvalue weighted by Crippen LogP contribution is 2.68. The third-order valence-corrected chi connectivity index (χ3v) is 5.44. The molecule has 2 fully saturated rings. The maximum atomic E-state index is 2.59. The molecule has 0 N–H and O–H groups in total. The summed E-state index contributed by atoms with van der Waals surface area (Å²) < 4.78 is 0. The fourth-order valence-electron chi connectivity index (χ4n) is 4.35. The first kappa shape index (κ1) is 9.93. The molecule has 15 heavy (non-hydrogen) atoms. The van der Waals surface area contributed by atoms with Crippen LogP contribution in [0.5, 0.6) is 0 Å². The lowest BCUT2D eigenvalue weighted by Gasteiger charge is -2.30. The van der Waals surface area contributed by atoms with Gasteiger partial charge in [-0.25, -0.2) is 0 Å². The topological polar surface area (TPSA) is 0 Å². The van der Waals surface area contributed by atoms with Gasteiger partial charge in [0.05, 0.1) is 0 Å². The van der Waals surface area contributed by atoms with Crippen molar-refractivity contribution in [3.63, 3.8) is 0 Å². The molecule has 3 aliphatic rings. The van der Waals surface area contributed by atoms with Crippen LogP contribution in [0.2, 0.25) is 0 Å². The van der Waals surface area contributed by atoms with Crippen LogP contribution in [-0.2, 0) is 0 Å². The predicted octanol–water partition coefficient (Wildman–Crippen LogP) is 4.42. The van der Waals surface area contributed by atoms with Gasteiger partial charge in [0.1, 0.15) is 0 Å². The largest absolute Gasteiger partial charge is 0.0842 e. The Labute approximate surface area is 94.1 Å². The molecule has 0 heterocycles. The minimum atomic E-state index is 0.585. The maximum absolute atomic E-state index is 2.59. The normalized spacial score (nSPS) is 51.5. The average Bonchev–Trinajstić information content (AvgIpc) is 2.59. The minimum Gasteiger partial charge on any atom is -0.0842 e. The molecular formula is C15H24. The van der Waals surface area contributed by atoms with E-state index in [1.807, 2.05) is 5.57 Å². The predicted molar refractivity (Wildman–Crippen MR) is 64.6 cm³/mol. The highest BCUT2D eigenvalue weighted by molar-refractivity contribution is 5.32. The number of allylic oxidation sites excluding steroid dienone is 2. The fraction of sp³-hybridized carbons (Fsp3) is 0.867. The summed E-state index contributed by atoms with van der Waals surface area (Å²) >= 11 is 0. The molecule has 0 aliphatic heterocycles. The monoisotopic (exact) mass is 204 g/mol. The van der Waals surface area contributed by atoms with Gasteiger partial charge >= 0.3 is 0 Å². The van der Waals surface area contributed by atoms with Crippen molar-refractivity contribution in [3.05, 3.63) is 11.6 Å². The second kappa shape index (κ2) is 2.70. The van der Waals surface area contributed by atoms with Crippen molar-refractivity contribution in [3.8, 4) is 0 Å². The van der Waals surface area contributed by atoms with Crippen LogP contribution in [0.3, 0.4) is 0 Å². The van der Waals surface area contributed by atoms with Crippen LogP contribution in [0.1, 0.15) is 53.4 Å². The van der Waals surface area contributed by atoms with Gasteiger partial charge in [0.2, 0.25) is 0 Å². The zero-order valence-electron chi connectivity index (χ0n) is 10.6. The van der Waals surface area contributed by atoms with Crippen molar-refractivity contribution in [1.82, 2.24) is 0 Å². The molecular weight excluding hydrogens is 180 g/mol. The summed E-state index contributed by atoms with van der Waals surface area (Å²) in [6, 6.07) is 0. The fourth-order valence-corrected chi connectivity index (χ4v) is 4.35. The van der Waals surface area contributed by atoms with E-state index in [1.165, 1.54) is 25.7 Å². The minimum absolute atomic E-state index is 0.585. The Hall–Kier alpha value is -0.260. The summed E-state index contributed by atoms with van der Waals surface area (Å²) in [4.78, 5) is 0. The zero-order valence-corrected chi connectivity index (χ0v) is 10.6.